The van der Waals surface area contributed by atoms with Crippen LogP contribution in [0.5, 0.6) is 0 Å². The number of alkyl carbamates (subject to hydrolysis) is 2. The minimum atomic E-state index is -0.590. The highest BCUT2D eigenvalue weighted by molar-refractivity contribution is 5.87. The molecule has 0 aromatic rings. The quantitative estimate of drug-likeness (QED) is 0.198. The van der Waals surface area contributed by atoms with Crippen molar-refractivity contribution >= 4 is 24.1 Å². The first kappa shape index (κ1) is 32.0. The fourth-order valence-electron chi connectivity index (χ4n) is 2.99. The lowest BCUT2D eigenvalue weighted by molar-refractivity contribution is -0.145. The molecule has 35 heavy (non-hydrogen) atoms. The third-order valence-corrected chi connectivity index (χ3v) is 4.73. The summed E-state index contributed by atoms with van der Waals surface area (Å²) >= 11 is 0. The van der Waals surface area contributed by atoms with Crippen molar-refractivity contribution in [3.8, 4) is 0 Å². The monoisotopic (exact) mass is 498 g/mol. The third-order valence-electron chi connectivity index (χ3n) is 4.73. The zero-order chi connectivity index (χ0) is 27.2. The number of hydrogen-bond donors (Lipinski definition) is 2. The first-order valence-electron chi connectivity index (χ1n) is 11.7. The van der Waals surface area contributed by atoms with E-state index < -0.39 is 36.3 Å². The number of esters is 2. The maximum absolute atomic E-state index is 12.0. The lowest BCUT2D eigenvalue weighted by Crippen LogP contribution is -2.37. The highest BCUT2D eigenvalue weighted by atomic mass is 16.6. The molecule has 0 aliphatic heterocycles. The maximum atomic E-state index is 12.0. The van der Waals surface area contributed by atoms with Crippen molar-refractivity contribution in [3.63, 3.8) is 0 Å². The molecule has 0 spiro atoms. The molecular formula is C25H42N2O8. The van der Waals surface area contributed by atoms with Crippen molar-refractivity contribution in [1.82, 2.24) is 10.6 Å². The van der Waals surface area contributed by atoms with Crippen LogP contribution < -0.4 is 10.6 Å². The lowest BCUT2D eigenvalue weighted by atomic mass is 9.82. The minimum Gasteiger partial charge on any atom is -0.458 e. The van der Waals surface area contributed by atoms with Crippen LogP contribution in [0.1, 0.15) is 61.3 Å². The molecular weight excluding hydrogens is 456 g/mol. The molecule has 0 saturated heterocycles. The average Bonchev–Trinajstić information content (AvgIpc) is 2.74. The van der Waals surface area contributed by atoms with E-state index in [1.165, 1.54) is 0 Å². The summed E-state index contributed by atoms with van der Waals surface area (Å²) in [6, 6.07) is 0. The fourth-order valence-corrected chi connectivity index (χ4v) is 2.99. The molecule has 2 N–H and O–H groups in total. The summed E-state index contributed by atoms with van der Waals surface area (Å²) < 4.78 is 20.3. The Labute approximate surface area is 208 Å². The van der Waals surface area contributed by atoms with Crippen LogP contribution in [0.25, 0.3) is 0 Å². The first-order valence-corrected chi connectivity index (χ1v) is 11.7. The Kier molecular flexibility index (Phi) is 14.4. The van der Waals surface area contributed by atoms with E-state index in [0.29, 0.717) is 19.5 Å². The molecule has 2 amide bonds. The van der Waals surface area contributed by atoms with Gasteiger partial charge in [-0.1, -0.05) is 33.9 Å². The summed E-state index contributed by atoms with van der Waals surface area (Å²) in [5, 5.41) is 5.42. The van der Waals surface area contributed by atoms with Gasteiger partial charge >= 0.3 is 24.1 Å². The zero-order valence-corrected chi connectivity index (χ0v) is 22.2. The van der Waals surface area contributed by atoms with E-state index in [0.717, 1.165) is 6.42 Å². The van der Waals surface area contributed by atoms with E-state index in [4.69, 9.17) is 18.9 Å². The molecule has 3 atom stereocenters. The lowest BCUT2D eigenvalue weighted by Gasteiger charge is -2.28. The summed E-state index contributed by atoms with van der Waals surface area (Å²) in [6.45, 7) is 20.2. The van der Waals surface area contributed by atoms with Crippen molar-refractivity contribution in [2.24, 2.45) is 11.3 Å². The molecule has 200 valence electrons. The van der Waals surface area contributed by atoms with Gasteiger partial charge in [-0.3, -0.25) is 0 Å². The zero-order valence-electron chi connectivity index (χ0n) is 22.2. The second-order valence-corrected chi connectivity index (χ2v) is 9.73. The highest BCUT2D eigenvalue weighted by Gasteiger charge is 2.23. The Morgan fingerprint density at radius 3 is 1.91 bits per heavy atom. The number of carbonyl (C=O) groups excluding carboxylic acids is 4. The molecule has 0 heterocycles. The summed E-state index contributed by atoms with van der Waals surface area (Å²) in [6.07, 6.45) is -0.817. The molecule has 10 heteroatoms. The van der Waals surface area contributed by atoms with Gasteiger partial charge in [0.25, 0.3) is 0 Å². The molecule has 0 aliphatic carbocycles. The number of amides is 2. The van der Waals surface area contributed by atoms with Gasteiger partial charge in [0.15, 0.2) is 0 Å². The van der Waals surface area contributed by atoms with Crippen molar-refractivity contribution in [2.45, 2.75) is 73.5 Å². The number of hydrogen-bond acceptors (Lipinski definition) is 8. The summed E-state index contributed by atoms with van der Waals surface area (Å²) in [5.41, 5.74) is 0.347. The van der Waals surface area contributed by atoms with Crippen LogP contribution in [0.3, 0.4) is 0 Å². The Morgan fingerprint density at radius 2 is 1.34 bits per heavy atom. The van der Waals surface area contributed by atoms with Gasteiger partial charge in [0.1, 0.15) is 25.4 Å². The molecule has 0 aliphatic rings. The fraction of sp³-hybridized carbons (Fsp3) is 0.680. The van der Waals surface area contributed by atoms with E-state index in [1.807, 2.05) is 13.8 Å². The number of rotatable bonds is 15. The van der Waals surface area contributed by atoms with Gasteiger partial charge in [-0.25, -0.2) is 19.2 Å². The number of carbonyl (C=O) groups is 4. The van der Waals surface area contributed by atoms with Gasteiger partial charge in [0.2, 0.25) is 0 Å². The Bertz CT molecular complexity index is 763. The van der Waals surface area contributed by atoms with Crippen molar-refractivity contribution in [3.05, 3.63) is 24.3 Å². The van der Waals surface area contributed by atoms with E-state index >= 15 is 0 Å². The number of ether oxygens (including phenoxy) is 4. The molecule has 0 saturated carbocycles. The van der Waals surface area contributed by atoms with E-state index in [2.05, 4.69) is 30.7 Å². The molecule has 0 aromatic heterocycles. The Balaban J connectivity index is 4.16. The van der Waals surface area contributed by atoms with Crippen LogP contribution in [-0.2, 0) is 28.5 Å². The van der Waals surface area contributed by atoms with Crippen LogP contribution >= 0.6 is 0 Å². The predicted molar refractivity (Wildman–Crippen MR) is 132 cm³/mol. The largest absolute Gasteiger partial charge is 0.458 e. The van der Waals surface area contributed by atoms with Gasteiger partial charge in [0, 0.05) is 24.2 Å². The standard InChI is InChI=1S/C25H42N2O8/c1-16(2)21(28)32-13-20(7)35-24(31)27-15-25(8,9)12-18(5)10-11-26-23(30)33-14-19(6)34-22(29)17(3)4/h18-20H,1,3,10-15H2,2,4-9H3,(H,26,30)(H,27,31). The van der Waals surface area contributed by atoms with E-state index in [9.17, 15) is 19.2 Å². The topological polar surface area (TPSA) is 129 Å². The highest BCUT2D eigenvalue weighted by Crippen LogP contribution is 2.26. The van der Waals surface area contributed by atoms with Crippen LogP contribution in [-0.4, -0.2) is 62.6 Å². The molecule has 0 radical (unpaired) electrons. The van der Waals surface area contributed by atoms with Crippen molar-refractivity contribution < 1.29 is 38.1 Å². The van der Waals surface area contributed by atoms with Gasteiger partial charge in [0.05, 0.1) is 0 Å². The molecule has 0 aromatic carbocycles. The van der Waals surface area contributed by atoms with Crippen LogP contribution in [0, 0.1) is 11.3 Å². The third kappa shape index (κ3) is 16.3. The molecule has 0 fully saturated rings. The molecule has 10 nitrogen and oxygen atoms in total. The molecule has 0 bridgehead atoms. The normalized spacial score (nSPS) is 13.5. The van der Waals surface area contributed by atoms with E-state index in [1.54, 1.807) is 27.7 Å². The average molecular weight is 499 g/mol. The second-order valence-electron chi connectivity index (χ2n) is 9.73. The molecule has 3 unspecified atom stereocenters. The molecule has 0 rings (SSSR count). The second kappa shape index (κ2) is 15.8. The smallest absolute Gasteiger partial charge is 0.407 e. The van der Waals surface area contributed by atoms with Crippen LogP contribution in [0.4, 0.5) is 9.59 Å². The predicted octanol–water partition coefficient (Wildman–Crippen LogP) is 3.90. The summed E-state index contributed by atoms with van der Waals surface area (Å²) in [5.74, 6) is -0.796. The minimum absolute atomic E-state index is 0.0481. The van der Waals surface area contributed by atoms with Gasteiger partial charge < -0.3 is 29.6 Å². The van der Waals surface area contributed by atoms with Gasteiger partial charge in [-0.15, -0.1) is 0 Å². The van der Waals surface area contributed by atoms with Crippen molar-refractivity contribution in [2.75, 3.05) is 26.3 Å². The van der Waals surface area contributed by atoms with Crippen LogP contribution in [0.15, 0.2) is 24.3 Å². The van der Waals surface area contributed by atoms with E-state index in [-0.39, 0.29) is 35.7 Å². The van der Waals surface area contributed by atoms with Crippen LogP contribution in [0.2, 0.25) is 0 Å². The summed E-state index contributed by atoms with van der Waals surface area (Å²) in [4.78, 5) is 46.7. The first-order chi connectivity index (χ1) is 16.1. The maximum Gasteiger partial charge on any atom is 0.407 e. The SMILES string of the molecule is C=C(C)C(=O)OCC(C)OC(=O)NCC(C)(C)CC(C)CCNC(=O)OCC(C)OC(=O)C(=C)C. The van der Waals surface area contributed by atoms with Gasteiger partial charge in [-0.05, 0) is 51.9 Å². The van der Waals surface area contributed by atoms with Crippen molar-refractivity contribution in [1.29, 1.82) is 0 Å². The Hall–Kier alpha value is -3.04. The number of nitrogens with one attached hydrogen (secondary N) is 2. The summed E-state index contributed by atoms with van der Waals surface area (Å²) in [7, 11) is 0. The Morgan fingerprint density at radius 1 is 0.800 bits per heavy atom. The van der Waals surface area contributed by atoms with Gasteiger partial charge in [-0.2, -0.15) is 0 Å².